The molecule has 0 amide bonds. The molecule has 3 heteroatoms. The predicted molar refractivity (Wildman–Crippen MR) is 85.1 cm³/mol. The summed E-state index contributed by atoms with van der Waals surface area (Å²) in [4.78, 5) is 0. The number of rotatable bonds is 5. The van der Waals surface area contributed by atoms with Gasteiger partial charge in [0.2, 0.25) is 0 Å². The Hall–Kier alpha value is -0.0500. The number of alkyl halides is 1. The molecule has 0 spiro atoms. The second-order valence-electron chi connectivity index (χ2n) is 5.64. The van der Waals surface area contributed by atoms with Crippen LogP contribution in [0.5, 0.6) is 0 Å². The van der Waals surface area contributed by atoms with Crippen LogP contribution in [0.25, 0.3) is 0 Å². The van der Waals surface area contributed by atoms with E-state index in [1.807, 2.05) is 18.2 Å². The summed E-state index contributed by atoms with van der Waals surface area (Å²) in [6.45, 7) is 3.20. The van der Waals surface area contributed by atoms with E-state index in [-0.39, 0.29) is 6.10 Å². The molecule has 19 heavy (non-hydrogen) atoms. The molecule has 1 aromatic carbocycles. The maximum atomic E-state index is 6.24. The van der Waals surface area contributed by atoms with Crippen LogP contribution in [0.4, 0.5) is 0 Å². The molecule has 0 N–H and O–H groups in total. The molecule has 0 aliphatic heterocycles. The number of benzene rings is 1. The number of halogens is 2. The van der Waals surface area contributed by atoms with Gasteiger partial charge in [-0.3, -0.25) is 0 Å². The molecule has 0 saturated heterocycles. The predicted octanol–water partition coefficient (Wildman–Crippen LogP) is 5.62. The SMILES string of the molecule is CC1CCCC(COC(CBr)c2ccccc2Cl)C1. The summed E-state index contributed by atoms with van der Waals surface area (Å²) in [5.41, 5.74) is 1.09. The lowest BCUT2D eigenvalue weighted by molar-refractivity contribution is 0.0280. The zero-order valence-corrected chi connectivity index (χ0v) is 13.8. The molecule has 3 atom stereocenters. The molecule has 1 saturated carbocycles. The van der Waals surface area contributed by atoms with E-state index in [0.717, 1.165) is 28.4 Å². The third-order valence-electron chi connectivity index (χ3n) is 3.97. The van der Waals surface area contributed by atoms with Crippen LogP contribution >= 0.6 is 27.5 Å². The standard InChI is InChI=1S/C16H22BrClO/c1-12-5-4-6-13(9-12)11-19-16(10-17)14-7-2-3-8-15(14)18/h2-3,7-8,12-13,16H,4-6,9-11H2,1H3. The van der Waals surface area contributed by atoms with Crippen LogP contribution in [0.2, 0.25) is 5.02 Å². The second kappa shape index (κ2) is 7.66. The highest BCUT2D eigenvalue weighted by atomic mass is 79.9. The molecule has 0 aromatic heterocycles. The van der Waals surface area contributed by atoms with Gasteiger partial charge < -0.3 is 4.74 Å². The van der Waals surface area contributed by atoms with Gasteiger partial charge in [-0.05, 0) is 30.7 Å². The molecule has 106 valence electrons. The van der Waals surface area contributed by atoms with E-state index in [1.165, 1.54) is 25.7 Å². The Bertz CT molecular complexity index is 396. The smallest absolute Gasteiger partial charge is 0.0936 e. The van der Waals surface area contributed by atoms with Gasteiger partial charge in [0.25, 0.3) is 0 Å². The van der Waals surface area contributed by atoms with Crippen molar-refractivity contribution in [2.45, 2.75) is 38.7 Å². The maximum Gasteiger partial charge on any atom is 0.0936 e. The van der Waals surface area contributed by atoms with Crippen molar-refractivity contribution in [2.75, 3.05) is 11.9 Å². The van der Waals surface area contributed by atoms with Crippen LogP contribution in [0, 0.1) is 11.8 Å². The van der Waals surface area contributed by atoms with Crippen molar-refractivity contribution in [3.8, 4) is 0 Å². The van der Waals surface area contributed by atoms with E-state index < -0.39 is 0 Å². The van der Waals surface area contributed by atoms with Crippen LogP contribution < -0.4 is 0 Å². The monoisotopic (exact) mass is 344 g/mol. The minimum Gasteiger partial charge on any atom is -0.372 e. The topological polar surface area (TPSA) is 9.23 Å². The molecular weight excluding hydrogens is 324 g/mol. The zero-order valence-electron chi connectivity index (χ0n) is 11.4. The largest absolute Gasteiger partial charge is 0.372 e. The maximum absolute atomic E-state index is 6.24. The molecule has 0 heterocycles. The lowest BCUT2D eigenvalue weighted by Crippen LogP contribution is -2.20. The lowest BCUT2D eigenvalue weighted by Gasteiger charge is -2.28. The summed E-state index contributed by atoms with van der Waals surface area (Å²) in [6.07, 6.45) is 5.40. The van der Waals surface area contributed by atoms with Crippen LogP contribution in [0.15, 0.2) is 24.3 Å². The Morgan fingerprint density at radius 2 is 2.16 bits per heavy atom. The van der Waals surface area contributed by atoms with Crippen molar-refractivity contribution in [3.63, 3.8) is 0 Å². The van der Waals surface area contributed by atoms with Crippen LogP contribution in [-0.4, -0.2) is 11.9 Å². The summed E-state index contributed by atoms with van der Waals surface area (Å²) in [6, 6.07) is 7.96. The number of hydrogen-bond donors (Lipinski definition) is 0. The van der Waals surface area contributed by atoms with Gasteiger partial charge in [0.05, 0.1) is 12.7 Å². The normalized spacial score (nSPS) is 25.2. The van der Waals surface area contributed by atoms with Crippen molar-refractivity contribution in [1.29, 1.82) is 0 Å². The van der Waals surface area contributed by atoms with Gasteiger partial charge in [-0.25, -0.2) is 0 Å². The quantitative estimate of drug-likeness (QED) is 0.629. The summed E-state index contributed by atoms with van der Waals surface area (Å²) in [5, 5.41) is 1.59. The first-order chi connectivity index (χ1) is 9.20. The highest BCUT2D eigenvalue weighted by Crippen LogP contribution is 2.32. The molecular formula is C16H22BrClO. The Kier molecular flexibility index (Phi) is 6.18. The van der Waals surface area contributed by atoms with E-state index in [2.05, 4.69) is 28.9 Å². The van der Waals surface area contributed by atoms with Gasteiger partial charge in [0.1, 0.15) is 0 Å². The Morgan fingerprint density at radius 3 is 2.84 bits per heavy atom. The summed E-state index contributed by atoms with van der Waals surface area (Å²) in [5.74, 6) is 1.57. The van der Waals surface area contributed by atoms with E-state index >= 15 is 0 Å². The first-order valence-electron chi connectivity index (χ1n) is 7.12. The highest BCUT2D eigenvalue weighted by Gasteiger charge is 2.21. The molecule has 1 nitrogen and oxygen atoms in total. The van der Waals surface area contributed by atoms with Crippen molar-refractivity contribution in [2.24, 2.45) is 11.8 Å². The number of ether oxygens (including phenoxy) is 1. The van der Waals surface area contributed by atoms with Crippen molar-refractivity contribution >= 4 is 27.5 Å². The second-order valence-corrected chi connectivity index (χ2v) is 6.69. The summed E-state index contributed by atoms with van der Waals surface area (Å²) in [7, 11) is 0. The molecule has 1 aromatic rings. The Balaban J connectivity index is 1.91. The van der Waals surface area contributed by atoms with Gasteiger partial charge >= 0.3 is 0 Å². The van der Waals surface area contributed by atoms with E-state index in [0.29, 0.717) is 5.92 Å². The fraction of sp³-hybridized carbons (Fsp3) is 0.625. The first-order valence-corrected chi connectivity index (χ1v) is 8.62. The average molecular weight is 346 g/mol. The lowest BCUT2D eigenvalue weighted by atomic mass is 9.83. The molecule has 1 aliphatic rings. The molecule has 2 rings (SSSR count). The fourth-order valence-corrected chi connectivity index (χ4v) is 3.71. The minimum absolute atomic E-state index is 0.0610. The third kappa shape index (κ3) is 4.47. The molecule has 1 aliphatic carbocycles. The van der Waals surface area contributed by atoms with Crippen LogP contribution in [-0.2, 0) is 4.74 Å². The molecule has 1 fully saturated rings. The van der Waals surface area contributed by atoms with E-state index in [1.54, 1.807) is 0 Å². The van der Waals surface area contributed by atoms with Gasteiger partial charge in [-0.15, -0.1) is 0 Å². The van der Waals surface area contributed by atoms with Gasteiger partial charge in [0.15, 0.2) is 0 Å². The van der Waals surface area contributed by atoms with Gasteiger partial charge in [-0.2, -0.15) is 0 Å². The van der Waals surface area contributed by atoms with E-state index in [4.69, 9.17) is 16.3 Å². The van der Waals surface area contributed by atoms with E-state index in [9.17, 15) is 0 Å². The molecule has 0 bridgehead atoms. The highest BCUT2D eigenvalue weighted by molar-refractivity contribution is 9.09. The van der Waals surface area contributed by atoms with Gasteiger partial charge in [0, 0.05) is 15.9 Å². The average Bonchev–Trinajstić information content (AvgIpc) is 2.41. The first kappa shape index (κ1) is 15.3. The summed E-state index contributed by atoms with van der Waals surface area (Å²) < 4.78 is 6.11. The minimum atomic E-state index is 0.0610. The fourth-order valence-electron chi connectivity index (χ4n) is 2.92. The summed E-state index contributed by atoms with van der Waals surface area (Å²) >= 11 is 9.78. The van der Waals surface area contributed by atoms with Crippen molar-refractivity contribution in [3.05, 3.63) is 34.9 Å². The Morgan fingerprint density at radius 1 is 1.37 bits per heavy atom. The zero-order chi connectivity index (χ0) is 13.7. The van der Waals surface area contributed by atoms with Crippen molar-refractivity contribution in [1.82, 2.24) is 0 Å². The third-order valence-corrected chi connectivity index (χ3v) is 4.90. The molecule has 3 unspecified atom stereocenters. The van der Waals surface area contributed by atoms with Crippen molar-refractivity contribution < 1.29 is 4.74 Å². The van der Waals surface area contributed by atoms with Crippen LogP contribution in [0.3, 0.4) is 0 Å². The van der Waals surface area contributed by atoms with Gasteiger partial charge in [-0.1, -0.05) is 65.5 Å². The van der Waals surface area contributed by atoms with Crippen LogP contribution in [0.1, 0.15) is 44.3 Å². The Labute approximate surface area is 129 Å². The molecule has 0 radical (unpaired) electrons. The number of hydrogen-bond acceptors (Lipinski definition) is 1.